The van der Waals surface area contributed by atoms with Gasteiger partial charge in [0.2, 0.25) is 10.0 Å². The van der Waals surface area contributed by atoms with Gasteiger partial charge in [0.25, 0.3) is 0 Å². The van der Waals surface area contributed by atoms with E-state index in [-0.39, 0.29) is 12.0 Å². The molecule has 0 bridgehead atoms. The molecule has 4 aromatic rings. The molecule has 0 aromatic heterocycles. The summed E-state index contributed by atoms with van der Waals surface area (Å²) in [6, 6.07) is 31.3. The minimum absolute atomic E-state index is 0.00505. The number of benzene rings is 4. The molecule has 1 fully saturated rings. The molecule has 0 aliphatic heterocycles. The number of nitrogens with one attached hydrogen (secondary N) is 1. The lowest BCUT2D eigenvalue weighted by atomic mass is 9.87. The molecule has 230 valence electrons. The fourth-order valence-electron chi connectivity index (χ4n) is 5.56. The molecule has 1 aliphatic carbocycles. The second-order valence-corrected chi connectivity index (χ2v) is 13.1. The Morgan fingerprint density at radius 2 is 1.45 bits per heavy atom. The minimum Gasteiger partial charge on any atom is -0.490 e. The average Bonchev–Trinajstić information content (AvgIpc) is 2.99. The summed E-state index contributed by atoms with van der Waals surface area (Å²) >= 11 is 0. The Morgan fingerprint density at radius 3 is 2.11 bits per heavy atom. The minimum atomic E-state index is -3.42. The largest absolute Gasteiger partial charge is 0.490 e. The van der Waals surface area contributed by atoms with Gasteiger partial charge in [0, 0.05) is 24.8 Å². The van der Waals surface area contributed by atoms with Crippen LogP contribution in [0.3, 0.4) is 0 Å². The van der Waals surface area contributed by atoms with Crippen molar-refractivity contribution in [3.05, 3.63) is 114 Å². The third kappa shape index (κ3) is 8.54. The van der Waals surface area contributed by atoms with Gasteiger partial charge < -0.3 is 19.5 Å². The number of aliphatic carboxylic acids is 1. The van der Waals surface area contributed by atoms with Crippen LogP contribution in [0.5, 0.6) is 17.2 Å². The van der Waals surface area contributed by atoms with Crippen molar-refractivity contribution in [2.75, 3.05) is 15.9 Å². The average molecular weight is 615 g/mol. The quantitative estimate of drug-likeness (QED) is 0.171. The predicted octanol–water partition coefficient (Wildman–Crippen LogP) is 7.39. The van der Waals surface area contributed by atoms with Crippen LogP contribution < -0.4 is 19.1 Å². The number of rotatable bonds is 12. The van der Waals surface area contributed by atoms with Gasteiger partial charge >= 0.3 is 5.97 Å². The second kappa shape index (κ2) is 13.9. The molecule has 5 rings (SSSR count). The molecule has 0 unspecified atom stereocenters. The number of hydrogen-bond donors (Lipinski definition) is 2. The zero-order valence-corrected chi connectivity index (χ0v) is 25.8. The lowest BCUT2D eigenvalue weighted by Crippen LogP contribution is -2.27. The highest BCUT2D eigenvalue weighted by molar-refractivity contribution is 7.92. The first-order chi connectivity index (χ1) is 21.1. The van der Waals surface area contributed by atoms with Crippen LogP contribution in [0.15, 0.2) is 97.1 Å². The van der Waals surface area contributed by atoms with Crippen LogP contribution in [-0.4, -0.2) is 31.9 Å². The molecule has 9 heteroatoms. The topological polar surface area (TPSA) is 105 Å². The molecule has 4 aromatic carbocycles. The normalized spacial score (nSPS) is 16.6. The number of carboxylic acid groups (broad SMARTS) is 1. The maximum absolute atomic E-state index is 12.0. The van der Waals surface area contributed by atoms with Gasteiger partial charge in [-0.3, -0.25) is 9.52 Å². The van der Waals surface area contributed by atoms with Crippen LogP contribution in [0, 0.1) is 12.8 Å². The zero-order valence-electron chi connectivity index (χ0n) is 25.0. The molecule has 1 aliphatic rings. The number of carboxylic acids is 1. The van der Waals surface area contributed by atoms with Crippen LogP contribution in [0.1, 0.15) is 42.4 Å². The SMILES string of the molecule is Cc1c(NS(C)(=O)=O)cccc1N(Cc1ccccc1)Cc1ccc(Oc2cccc(OC3CCC(C(=O)O)CC3)c2)cc1. The lowest BCUT2D eigenvalue weighted by Gasteiger charge is -2.28. The summed E-state index contributed by atoms with van der Waals surface area (Å²) in [5, 5.41) is 9.24. The maximum atomic E-state index is 12.0. The summed E-state index contributed by atoms with van der Waals surface area (Å²) < 4.78 is 38.8. The van der Waals surface area contributed by atoms with Gasteiger partial charge in [0.05, 0.1) is 24.0 Å². The first-order valence-corrected chi connectivity index (χ1v) is 16.6. The maximum Gasteiger partial charge on any atom is 0.306 e. The van der Waals surface area contributed by atoms with E-state index in [1.807, 2.05) is 85.8 Å². The first kappa shape index (κ1) is 30.9. The van der Waals surface area contributed by atoms with E-state index in [0.29, 0.717) is 48.9 Å². The summed E-state index contributed by atoms with van der Waals surface area (Å²) in [6.45, 7) is 3.18. The van der Waals surface area contributed by atoms with Gasteiger partial charge in [-0.15, -0.1) is 0 Å². The van der Waals surface area contributed by atoms with Gasteiger partial charge in [-0.2, -0.15) is 0 Å². The lowest BCUT2D eigenvalue weighted by molar-refractivity contribution is -0.143. The Morgan fingerprint density at radius 1 is 0.818 bits per heavy atom. The third-order valence-corrected chi connectivity index (χ3v) is 8.41. The molecule has 44 heavy (non-hydrogen) atoms. The fraction of sp³-hybridized carbons (Fsp3) is 0.286. The third-order valence-electron chi connectivity index (χ3n) is 7.82. The predicted molar refractivity (Wildman–Crippen MR) is 173 cm³/mol. The summed E-state index contributed by atoms with van der Waals surface area (Å²) in [7, 11) is -3.42. The van der Waals surface area contributed by atoms with Crippen LogP contribution >= 0.6 is 0 Å². The van der Waals surface area contributed by atoms with Crippen molar-refractivity contribution in [1.29, 1.82) is 0 Å². The first-order valence-electron chi connectivity index (χ1n) is 14.8. The Labute approximate surface area is 259 Å². The van der Waals surface area contributed by atoms with Crippen molar-refractivity contribution < 1.29 is 27.8 Å². The zero-order chi connectivity index (χ0) is 31.1. The van der Waals surface area contributed by atoms with Crippen molar-refractivity contribution >= 4 is 27.4 Å². The van der Waals surface area contributed by atoms with Gasteiger partial charge in [-0.25, -0.2) is 8.42 Å². The number of sulfonamides is 1. The van der Waals surface area contributed by atoms with Crippen LogP contribution in [0.25, 0.3) is 0 Å². The Hall–Kier alpha value is -4.50. The number of ether oxygens (including phenoxy) is 2. The van der Waals surface area contributed by atoms with E-state index in [1.165, 1.54) is 0 Å². The number of hydrogen-bond acceptors (Lipinski definition) is 6. The summed E-state index contributed by atoms with van der Waals surface area (Å²) in [6.07, 6.45) is 3.88. The van der Waals surface area contributed by atoms with E-state index < -0.39 is 16.0 Å². The van der Waals surface area contributed by atoms with E-state index in [2.05, 4.69) is 21.8 Å². The highest BCUT2D eigenvalue weighted by Gasteiger charge is 2.27. The molecule has 0 heterocycles. The van der Waals surface area contributed by atoms with Gasteiger partial charge in [0.15, 0.2) is 0 Å². The summed E-state index contributed by atoms with van der Waals surface area (Å²) in [4.78, 5) is 13.5. The highest BCUT2D eigenvalue weighted by atomic mass is 32.2. The van der Waals surface area contributed by atoms with Crippen LogP contribution in [0.2, 0.25) is 0 Å². The van der Waals surface area contributed by atoms with Crippen LogP contribution in [-0.2, 0) is 27.9 Å². The Kier molecular flexibility index (Phi) is 9.75. The Balaban J connectivity index is 1.28. The standard InChI is InChI=1S/C35H38N2O6S/c1-25-33(36-44(2,40)41)12-7-13-34(25)37(23-26-8-4-3-5-9-26)24-27-14-18-29(19-15-27)42-31-10-6-11-32(22-31)43-30-20-16-28(17-21-30)35(38)39/h3-15,18-19,22,28,30,36H,16-17,20-21,23-24H2,1-2H3,(H,38,39). The van der Waals surface area contributed by atoms with E-state index in [1.54, 1.807) is 6.07 Å². The highest BCUT2D eigenvalue weighted by Crippen LogP contribution is 2.32. The molecule has 1 saturated carbocycles. The van der Waals surface area contributed by atoms with E-state index in [0.717, 1.165) is 41.5 Å². The summed E-state index contributed by atoms with van der Waals surface area (Å²) in [5.74, 6) is 1.06. The smallest absolute Gasteiger partial charge is 0.306 e. The number of carbonyl (C=O) groups is 1. The van der Waals surface area contributed by atoms with Crippen molar-refractivity contribution in [2.45, 2.75) is 51.8 Å². The second-order valence-electron chi connectivity index (χ2n) is 11.3. The Bertz CT molecular complexity index is 1670. The molecule has 0 amide bonds. The van der Waals surface area contributed by atoms with E-state index >= 15 is 0 Å². The molecule has 2 N–H and O–H groups in total. The van der Waals surface area contributed by atoms with Crippen molar-refractivity contribution in [1.82, 2.24) is 0 Å². The van der Waals surface area contributed by atoms with Gasteiger partial charge in [-0.05, 0) is 85.7 Å². The van der Waals surface area contributed by atoms with Gasteiger partial charge in [0.1, 0.15) is 17.2 Å². The van der Waals surface area contributed by atoms with E-state index in [4.69, 9.17) is 9.47 Å². The van der Waals surface area contributed by atoms with E-state index in [9.17, 15) is 18.3 Å². The molecule has 0 spiro atoms. The van der Waals surface area contributed by atoms with Crippen molar-refractivity contribution in [3.63, 3.8) is 0 Å². The number of nitrogens with zero attached hydrogens (tertiary/aromatic N) is 1. The molecule has 8 nitrogen and oxygen atoms in total. The number of anilines is 2. The molecule has 0 saturated heterocycles. The fourth-order valence-corrected chi connectivity index (χ4v) is 6.18. The molecular formula is C35H38N2O6S. The monoisotopic (exact) mass is 614 g/mol. The van der Waals surface area contributed by atoms with Gasteiger partial charge in [-0.1, -0.05) is 54.6 Å². The van der Waals surface area contributed by atoms with Crippen molar-refractivity contribution in [3.8, 4) is 17.2 Å². The van der Waals surface area contributed by atoms with Crippen LogP contribution in [0.4, 0.5) is 11.4 Å². The summed E-state index contributed by atoms with van der Waals surface area (Å²) in [5.41, 5.74) is 4.57. The molecule has 0 radical (unpaired) electrons. The molecular weight excluding hydrogens is 576 g/mol. The van der Waals surface area contributed by atoms with Crippen molar-refractivity contribution in [2.24, 2.45) is 5.92 Å². The molecule has 0 atom stereocenters.